The minimum absolute atomic E-state index is 0.164. The van der Waals surface area contributed by atoms with E-state index in [4.69, 9.17) is 4.43 Å². The van der Waals surface area contributed by atoms with Crippen molar-refractivity contribution in [2.24, 2.45) is 0 Å². The Morgan fingerprint density at radius 1 is 1.21 bits per heavy atom. The van der Waals surface area contributed by atoms with Crippen LogP contribution in [0.3, 0.4) is 0 Å². The zero-order chi connectivity index (χ0) is 17.5. The number of aromatic nitrogens is 1. The lowest BCUT2D eigenvalue weighted by atomic mass is 10.2. The molecule has 2 atom stereocenters. The van der Waals surface area contributed by atoms with Crippen molar-refractivity contribution in [3.8, 4) is 0 Å². The Kier molecular flexibility index (Phi) is 4.30. The number of benzene rings is 1. The van der Waals surface area contributed by atoms with Gasteiger partial charge in [-0.1, -0.05) is 51.1 Å². The van der Waals surface area contributed by atoms with E-state index in [1.165, 1.54) is 0 Å². The SMILES string of the molecule is CC(C)(C)[Si](C)(C)O[C@H]1C=C[C@@H](n2cc(C=O)c3ccccc32)C1. The third-order valence-electron chi connectivity index (χ3n) is 5.53. The number of aldehydes is 1. The van der Waals surface area contributed by atoms with Gasteiger partial charge in [0, 0.05) is 29.1 Å². The first-order valence-corrected chi connectivity index (χ1v) is 11.5. The van der Waals surface area contributed by atoms with Crippen molar-refractivity contribution < 1.29 is 9.22 Å². The first kappa shape index (κ1) is 17.2. The van der Waals surface area contributed by atoms with Gasteiger partial charge in [-0.05, 0) is 24.2 Å². The van der Waals surface area contributed by atoms with Gasteiger partial charge in [0.25, 0.3) is 0 Å². The second-order valence-corrected chi connectivity index (χ2v) is 13.0. The van der Waals surface area contributed by atoms with Crippen LogP contribution in [0.2, 0.25) is 18.1 Å². The number of carbonyl (C=O) groups is 1. The molecular formula is C20H27NO2Si. The van der Waals surface area contributed by atoms with E-state index in [1.54, 1.807) is 0 Å². The average molecular weight is 342 g/mol. The number of para-hydroxylation sites is 1. The molecule has 2 aromatic rings. The highest BCUT2D eigenvalue weighted by molar-refractivity contribution is 6.74. The van der Waals surface area contributed by atoms with E-state index in [1.807, 2.05) is 24.4 Å². The molecule has 128 valence electrons. The minimum atomic E-state index is -1.77. The summed E-state index contributed by atoms with van der Waals surface area (Å²) in [6, 6.07) is 8.34. The van der Waals surface area contributed by atoms with Crippen molar-refractivity contribution in [3.63, 3.8) is 0 Å². The summed E-state index contributed by atoms with van der Waals surface area (Å²) in [7, 11) is -1.77. The highest BCUT2D eigenvalue weighted by atomic mass is 28.4. The minimum Gasteiger partial charge on any atom is -0.410 e. The second-order valence-electron chi connectivity index (χ2n) is 8.23. The molecule has 0 unspecified atom stereocenters. The molecule has 0 radical (unpaired) electrons. The molecule has 0 aliphatic heterocycles. The van der Waals surface area contributed by atoms with E-state index in [2.05, 4.69) is 56.7 Å². The van der Waals surface area contributed by atoms with Crippen LogP contribution in [0.15, 0.2) is 42.6 Å². The monoisotopic (exact) mass is 341 g/mol. The van der Waals surface area contributed by atoms with Gasteiger partial charge in [0.05, 0.1) is 12.1 Å². The first-order chi connectivity index (χ1) is 11.2. The molecule has 1 aliphatic carbocycles. The van der Waals surface area contributed by atoms with Gasteiger partial charge in [0.15, 0.2) is 14.6 Å². The van der Waals surface area contributed by atoms with Crippen LogP contribution in [0.25, 0.3) is 10.9 Å². The van der Waals surface area contributed by atoms with Crippen molar-refractivity contribution in [3.05, 3.63) is 48.2 Å². The van der Waals surface area contributed by atoms with Gasteiger partial charge in [-0.25, -0.2) is 0 Å². The van der Waals surface area contributed by atoms with Crippen LogP contribution < -0.4 is 0 Å². The molecular weight excluding hydrogens is 314 g/mol. The molecule has 3 nitrogen and oxygen atoms in total. The van der Waals surface area contributed by atoms with Gasteiger partial charge >= 0.3 is 0 Å². The Morgan fingerprint density at radius 3 is 2.58 bits per heavy atom. The van der Waals surface area contributed by atoms with Crippen LogP contribution in [0.1, 0.15) is 43.6 Å². The maximum Gasteiger partial charge on any atom is 0.192 e. The summed E-state index contributed by atoms with van der Waals surface area (Å²) in [5.41, 5.74) is 1.87. The summed E-state index contributed by atoms with van der Waals surface area (Å²) in [5, 5.41) is 1.23. The van der Waals surface area contributed by atoms with E-state index in [-0.39, 0.29) is 17.2 Å². The molecule has 0 spiro atoms. The molecule has 4 heteroatoms. The largest absolute Gasteiger partial charge is 0.410 e. The van der Waals surface area contributed by atoms with Crippen LogP contribution in [-0.4, -0.2) is 25.3 Å². The van der Waals surface area contributed by atoms with Crippen molar-refractivity contribution in [2.45, 2.75) is 57.5 Å². The van der Waals surface area contributed by atoms with E-state index in [0.717, 1.165) is 29.2 Å². The number of carbonyl (C=O) groups excluding carboxylic acids is 1. The maximum atomic E-state index is 11.4. The van der Waals surface area contributed by atoms with Crippen LogP contribution in [0, 0.1) is 0 Å². The quantitative estimate of drug-likeness (QED) is 0.427. The fourth-order valence-electron chi connectivity index (χ4n) is 3.10. The predicted molar refractivity (Wildman–Crippen MR) is 102 cm³/mol. The number of nitrogens with zero attached hydrogens (tertiary/aromatic N) is 1. The summed E-state index contributed by atoms with van der Waals surface area (Å²) in [4.78, 5) is 11.4. The Balaban J connectivity index is 1.83. The molecule has 1 aromatic heterocycles. The fraction of sp³-hybridized carbons (Fsp3) is 0.450. The second kappa shape index (κ2) is 6.01. The van der Waals surface area contributed by atoms with Gasteiger partial charge in [0.1, 0.15) is 0 Å². The Hall–Kier alpha value is -1.65. The Bertz CT molecular complexity index is 783. The average Bonchev–Trinajstić information content (AvgIpc) is 3.09. The van der Waals surface area contributed by atoms with E-state index >= 15 is 0 Å². The number of allylic oxidation sites excluding steroid dienone is 1. The number of fused-ring (bicyclic) bond motifs is 1. The topological polar surface area (TPSA) is 31.2 Å². The Morgan fingerprint density at radius 2 is 1.92 bits per heavy atom. The van der Waals surface area contributed by atoms with Crippen LogP contribution in [-0.2, 0) is 4.43 Å². The normalized spacial score (nSPS) is 21.5. The molecule has 0 N–H and O–H groups in total. The van der Waals surface area contributed by atoms with Crippen LogP contribution >= 0.6 is 0 Å². The zero-order valence-electron chi connectivity index (χ0n) is 15.2. The van der Waals surface area contributed by atoms with E-state index < -0.39 is 8.32 Å². The lowest BCUT2D eigenvalue weighted by Crippen LogP contribution is -2.43. The summed E-state index contributed by atoms with van der Waals surface area (Å²) in [5.74, 6) is 0. The van der Waals surface area contributed by atoms with Crippen molar-refractivity contribution in [1.29, 1.82) is 0 Å². The van der Waals surface area contributed by atoms with Crippen LogP contribution in [0.5, 0.6) is 0 Å². The smallest absolute Gasteiger partial charge is 0.192 e. The Labute approximate surface area is 145 Å². The third-order valence-corrected chi connectivity index (χ3v) is 10.0. The summed E-state index contributed by atoms with van der Waals surface area (Å²) in [6.45, 7) is 11.4. The summed E-state index contributed by atoms with van der Waals surface area (Å²) >= 11 is 0. The number of rotatable bonds is 4. The fourth-order valence-corrected chi connectivity index (χ4v) is 4.38. The molecule has 0 saturated heterocycles. The number of hydrogen-bond donors (Lipinski definition) is 0. The van der Waals surface area contributed by atoms with Crippen molar-refractivity contribution in [1.82, 2.24) is 4.57 Å². The molecule has 0 saturated carbocycles. The first-order valence-electron chi connectivity index (χ1n) is 8.64. The van der Waals surface area contributed by atoms with E-state index in [0.29, 0.717) is 0 Å². The zero-order valence-corrected chi connectivity index (χ0v) is 16.2. The van der Waals surface area contributed by atoms with Gasteiger partial charge in [0.2, 0.25) is 0 Å². The molecule has 1 aliphatic rings. The third kappa shape index (κ3) is 3.00. The maximum absolute atomic E-state index is 11.4. The summed E-state index contributed by atoms with van der Waals surface area (Å²) < 4.78 is 8.74. The molecule has 0 bridgehead atoms. The lowest BCUT2D eigenvalue weighted by molar-refractivity contribution is 0.112. The highest BCUT2D eigenvalue weighted by Crippen LogP contribution is 2.40. The molecule has 24 heavy (non-hydrogen) atoms. The van der Waals surface area contributed by atoms with Gasteiger partial charge in [-0.2, -0.15) is 0 Å². The molecule has 0 amide bonds. The molecule has 0 fully saturated rings. The van der Waals surface area contributed by atoms with Gasteiger partial charge in [-0.3, -0.25) is 4.79 Å². The lowest BCUT2D eigenvalue weighted by Gasteiger charge is -2.38. The predicted octanol–water partition coefficient (Wildman–Crippen LogP) is 5.35. The molecule has 3 rings (SSSR count). The van der Waals surface area contributed by atoms with E-state index in [9.17, 15) is 4.79 Å². The standard InChI is InChI=1S/C20H27NO2Si/c1-20(2,3)24(4,5)23-17-11-10-16(12-17)21-13-15(14-22)18-8-6-7-9-19(18)21/h6-11,13-14,16-17H,12H2,1-5H3/t16-,17+/m1/s1. The molecule has 1 heterocycles. The van der Waals surface area contributed by atoms with Gasteiger partial charge < -0.3 is 8.99 Å². The van der Waals surface area contributed by atoms with Crippen LogP contribution in [0.4, 0.5) is 0 Å². The van der Waals surface area contributed by atoms with Crippen molar-refractivity contribution in [2.75, 3.05) is 0 Å². The number of hydrogen-bond acceptors (Lipinski definition) is 2. The molecule has 1 aromatic carbocycles. The highest BCUT2D eigenvalue weighted by Gasteiger charge is 2.39. The van der Waals surface area contributed by atoms with Gasteiger partial charge in [-0.15, -0.1) is 0 Å². The summed E-state index contributed by atoms with van der Waals surface area (Å²) in [6.07, 6.45) is 8.43. The van der Waals surface area contributed by atoms with Crippen molar-refractivity contribution >= 4 is 25.5 Å².